The fraction of sp³-hybridized carbons (Fsp3) is 0.400. The molecule has 0 aliphatic carbocycles. The molecule has 1 rings (SSSR count). The topological polar surface area (TPSA) is 62.7 Å². The molecule has 0 atom stereocenters. The molecule has 0 saturated carbocycles. The Morgan fingerprint density at radius 3 is 2.73 bits per heavy atom. The predicted molar refractivity (Wildman–Crippen MR) is 51.1 cm³/mol. The normalized spacial score (nSPS) is 10.4. The van der Waals surface area contributed by atoms with Crippen molar-refractivity contribution >= 4 is 0 Å². The largest absolute Gasteiger partial charge is 0.325 e. The van der Waals surface area contributed by atoms with Crippen LogP contribution in [0.2, 0.25) is 0 Å². The summed E-state index contributed by atoms with van der Waals surface area (Å²) in [5.74, 6) is 0. The Kier molecular flexibility index (Phi) is 3.69. The molecule has 0 amide bonds. The van der Waals surface area contributed by atoms with E-state index in [4.69, 9.17) is 11.0 Å². The number of nitrogens with two attached hydrogens (primary N) is 1. The van der Waals surface area contributed by atoms with Crippen molar-refractivity contribution < 1.29 is 8.78 Å². The van der Waals surface area contributed by atoms with E-state index in [1.807, 2.05) is 6.07 Å². The summed E-state index contributed by atoms with van der Waals surface area (Å²) in [7, 11) is 0. The summed E-state index contributed by atoms with van der Waals surface area (Å²) in [6.07, 6.45) is -2.65. The summed E-state index contributed by atoms with van der Waals surface area (Å²) >= 11 is 0. The highest BCUT2D eigenvalue weighted by atomic mass is 19.3. The van der Waals surface area contributed by atoms with Crippen molar-refractivity contribution in [1.29, 1.82) is 5.26 Å². The molecule has 0 aliphatic heterocycles. The van der Waals surface area contributed by atoms with Crippen LogP contribution in [0.3, 0.4) is 0 Å². The first kappa shape index (κ1) is 11.5. The van der Waals surface area contributed by atoms with Gasteiger partial charge in [-0.2, -0.15) is 5.26 Å². The molecule has 0 saturated heterocycles. The monoisotopic (exact) mass is 211 g/mol. The molecule has 1 aromatic heterocycles. The molecule has 0 spiro atoms. The van der Waals surface area contributed by atoms with E-state index in [1.54, 1.807) is 0 Å². The molecule has 0 unspecified atom stereocenters. The molecule has 3 nitrogen and oxygen atoms in total. The first-order valence-corrected chi connectivity index (χ1v) is 4.44. The van der Waals surface area contributed by atoms with E-state index >= 15 is 0 Å². The number of halogens is 2. The molecule has 0 radical (unpaired) electrons. The second-order valence-corrected chi connectivity index (χ2v) is 3.11. The first-order chi connectivity index (χ1) is 7.10. The number of nitrogens with zero attached hydrogens (tertiary/aromatic N) is 2. The van der Waals surface area contributed by atoms with E-state index in [0.717, 1.165) is 0 Å². The summed E-state index contributed by atoms with van der Waals surface area (Å²) in [4.78, 5) is 3.94. The number of aryl methyl sites for hydroxylation is 1. The van der Waals surface area contributed by atoms with Crippen LogP contribution in [0.5, 0.6) is 0 Å². The van der Waals surface area contributed by atoms with Gasteiger partial charge in [0.25, 0.3) is 6.43 Å². The molecule has 1 heterocycles. The van der Waals surface area contributed by atoms with Crippen LogP contribution in [0, 0.1) is 18.3 Å². The average molecular weight is 211 g/mol. The van der Waals surface area contributed by atoms with Gasteiger partial charge >= 0.3 is 0 Å². The van der Waals surface area contributed by atoms with Gasteiger partial charge in [-0.15, -0.1) is 0 Å². The molecule has 0 bridgehead atoms. The first-order valence-electron chi connectivity index (χ1n) is 4.44. The summed E-state index contributed by atoms with van der Waals surface area (Å²) in [5, 5.41) is 8.53. The Morgan fingerprint density at radius 2 is 2.27 bits per heavy atom. The third kappa shape index (κ3) is 2.48. The van der Waals surface area contributed by atoms with Crippen molar-refractivity contribution in [2.75, 3.05) is 0 Å². The lowest BCUT2D eigenvalue weighted by molar-refractivity contribution is 0.149. The smallest absolute Gasteiger partial charge is 0.265 e. The molecule has 15 heavy (non-hydrogen) atoms. The quantitative estimate of drug-likeness (QED) is 0.829. The lowest BCUT2D eigenvalue weighted by Gasteiger charge is -2.10. The van der Waals surface area contributed by atoms with Crippen molar-refractivity contribution in [3.63, 3.8) is 0 Å². The summed E-state index contributed by atoms with van der Waals surface area (Å²) < 4.78 is 25.3. The fourth-order valence-electron chi connectivity index (χ4n) is 1.45. The molecular formula is C10H11F2N3. The molecule has 80 valence electrons. The Bertz CT molecular complexity index is 396. The van der Waals surface area contributed by atoms with E-state index in [1.165, 1.54) is 13.0 Å². The lowest BCUT2D eigenvalue weighted by Crippen LogP contribution is -2.07. The molecular weight excluding hydrogens is 200 g/mol. The van der Waals surface area contributed by atoms with Gasteiger partial charge in [-0.25, -0.2) is 8.78 Å². The number of pyridine rings is 1. The van der Waals surface area contributed by atoms with E-state index < -0.39 is 6.43 Å². The number of aromatic nitrogens is 1. The maximum absolute atomic E-state index is 12.7. The maximum Gasteiger partial charge on any atom is 0.265 e. The van der Waals surface area contributed by atoms with E-state index in [-0.39, 0.29) is 24.2 Å². The highest BCUT2D eigenvalue weighted by Crippen LogP contribution is 2.26. The Hall–Kier alpha value is -1.54. The fourth-order valence-corrected chi connectivity index (χ4v) is 1.45. The maximum atomic E-state index is 12.7. The van der Waals surface area contributed by atoms with Gasteiger partial charge in [0.1, 0.15) is 0 Å². The van der Waals surface area contributed by atoms with Crippen molar-refractivity contribution in [1.82, 2.24) is 4.98 Å². The zero-order chi connectivity index (χ0) is 11.4. The summed E-state index contributed by atoms with van der Waals surface area (Å²) in [6.45, 7) is 1.68. The van der Waals surface area contributed by atoms with Gasteiger partial charge in [0.2, 0.25) is 0 Å². The predicted octanol–water partition coefficient (Wildman–Crippen LogP) is 1.85. The molecule has 2 N–H and O–H groups in total. The minimum atomic E-state index is -2.60. The van der Waals surface area contributed by atoms with Crippen LogP contribution in [0.15, 0.2) is 6.07 Å². The zero-order valence-corrected chi connectivity index (χ0v) is 8.30. The van der Waals surface area contributed by atoms with Gasteiger partial charge in [0.05, 0.1) is 18.2 Å². The molecule has 5 heteroatoms. The summed E-state index contributed by atoms with van der Waals surface area (Å²) in [5.41, 5.74) is 6.33. The SMILES string of the molecule is Cc1nc(CN)cc(CC#N)c1C(F)F. The zero-order valence-electron chi connectivity index (χ0n) is 8.30. The Balaban J connectivity index is 3.30. The number of alkyl halides is 2. The number of hydrogen-bond acceptors (Lipinski definition) is 3. The van der Waals surface area contributed by atoms with Crippen molar-refractivity contribution in [3.8, 4) is 6.07 Å². The van der Waals surface area contributed by atoms with Gasteiger partial charge in [-0.1, -0.05) is 0 Å². The van der Waals surface area contributed by atoms with Gasteiger partial charge in [0, 0.05) is 17.8 Å². The number of nitriles is 1. The standard InChI is InChI=1S/C10H11F2N3/c1-6-9(10(11)12)7(2-3-13)4-8(5-14)15-6/h4,10H,2,5,14H2,1H3. The van der Waals surface area contributed by atoms with E-state index in [9.17, 15) is 8.78 Å². The number of hydrogen-bond donors (Lipinski definition) is 1. The van der Waals surface area contributed by atoms with Crippen LogP contribution in [-0.4, -0.2) is 4.98 Å². The van der Waals surface area contributed by atoms with Crippen molar-refractivity contribution in [3.05, 3.63) is 28.6 Å². The van der Waals surface area contributed by atoms with Crippen LogP contribution < -0.4 is 5.73 Å². The second-order valence-electron chi connectivity index (χ2n) is 3.11. The summed E-state index contributed by atoms with van der Waals surface area (Å²) in [6, 6.07) is 3.33. The van der Waals surface area contributed by atoms with Gasteiger partial charge < -0.3 is 5.73 Å². The van der Waals surface area contributed by atoms with Crippen LogP contribution >= 0.6 is 0 Å². The highest BCUT2D eigenvalue weighted by Gasteiger charge is 2.17. The molecule has 0 aromatic carbocycles. The van der Waals surface area contributed by atoms with Crippen LogP contribution in [0.4, 0.5) is 8.78 Å². The van der Waals surface area contributed by atoms with Crippen LogP contribution in [0.25, 0.3) is 0 Å². The highest BCUT2D eigenvalue weighted by molar-refractivity contribution is 5.35. The minimum absolute atomic E-state index is 0.0456. The molecule has 0 fully saturated rings. The van der Waals surface area contributed by atoms with Gasteiger partial charge in [-0.3, -0.25) is 4.98 Å². The van der Waals surface area contributed by atoms with Gasteiger partial charge in [0.15, 0.2) is 0 Å². The van der Waals surface area contributed by atoms with Crippen LogP contribution in [0.1, 0.15) is 28.9 Å². The Labute approximate surface area is 86.5 Å². The minimum Gasteiger partial charge on any atom is -0.325 e. The molecule has 1 aromatic rings. The van der Waals surface area contributed by atoms with Crippen molar-refractivity contribution in [2.24, 2.45) is 5.73 Å². The number of rotatable bonds is 3. The Morgan fingerprint density at radius 1 is 1.60 bits per heavy atom. The van der Waals surface area contributed by atoms with Gasteiger partial charge in [-0.05, 0) is 18.6 Å². The lowest BCUT2D eigenvalue weighted by atomic mass is 10.0. The van der Waals surface area contributed by atoms with E-state index in [0.29, 0.717) is 11.3 Å². The second kappa shape index (κ2) is 4.80. The third-order valence-corrected chi connectivity index (χ3v) is 2.08. The average Bonchev–Trinajstić information content (AvgIpc) is 2.16. The van der Waals surface area contributed by atoms with Crippen molar-refractivity contribution in [2.45, 2.75) is 26.3 Å². The third-order valence-electron chi connectivity index (χ3n) is 2.08. The molecule has 0 aliphatic rings. The van der Waals surface area contributed by atoms with Crippen LogP contribution in [-0.2, 0) is 13.0 Å². The van der Waals surface area contributed by atoms with E-state index in [2.05, 4.69) is 4.98 Å².